The Morgan fingerprint density at radius 3 is 2.53 bits per heavy atom. The normalized spacial score (nSPS) is 45.4. The lowest BCUT2D eigenvalue weighted by Crippen LogP contribution is -2.55. The summed E-state index contributed by atoms with van der Waals surface area (Å²) in [5.74, 6) is 3.21. The van der Waals surface area contributed by atoms with Crippen LogP contribution in [-0.4, -0.2) is 26.3 Å². The SMILES string of the molecule is CC([C@H](C)C(=O)[C@H]1CC[C@H]2[C@@H]3CC[C@@H]4C[C@](C)(O)CC[C@]4(C)[C@H]3CC[C@]12C)n1cc(C#N)cn1. The summed E-state index contributed by atoms with van der Waals surface area (Å²) in [4.78, 5) is 13.9. The van der Waals surface area contributed by atoms with Crippen molar-refractivity contribution in [1.29, 1.82) is 5.26 Å². The summed E-state index contributed by atoms with van der Waals surface area (Å²) < 4.78 is 1.80. The Morgan fingerprint density at radius 2 is 1.82 bits per heavy atom. The Morgan fingerprint density at radius 1 is 1.09 bits per heavy atom. The van der Waals surface area contributed by atoms with E-state index in [9.17, 15) is 9.90 Å². The summed E-state index contributed by atoms with van der Waals surface area (Å²) in [5.41, 5.74) is 0.526. The first-order valence-electron chi connectivity index (χ1n) is 13.7. The van der Waals surface area contributed by atoms with E-state index in [-0.39, 0.29) is 23.3 Å². The number of Topliss-reactive ketones (excluding diaryl/α,β-unsaturated/α-hetero) is 1. The topological polar surface area (TPSA) is 78.9 Å². The minimum absolute atomic E-state index is 0.0435. The van der Waals surface area contributed by atoms with Gasteiger partial charge in [0.2, 0.25) is 0 Å². The van der Waals surface area contributed by atoms with Gasteiger partial charge in [-0.2, -0.15) is 10.4 Å². The number of nitriles is 1. The highest BCUT2D eigenvalue weighted by molar-refractivity contribution is 5.84. The summed E-state index contributed by atoms with van der Waals surface area (Å²) in [6.45, 7) is 11.1. The molecule has 5 nitrogen and oxygen atoms in total. The van der Waals surface area contributed by atoms with Gasteiger partial charge in [-0.15, -0.1) is 0 Å². The van der Waals surface area contributed by atoms with Crippen molar-refractivity contribution in [2.75, 3.05) is 0 Å². The second-order valence-corrected chi connectivity index (χ2v) is 13.3. The zero-order valence-electron chi connectivity index (χ0n) is 21.8. The first kappa shape index (κ1) is 24.0. The lowest BCUT2D eigenvalue weighted by molar-refractivity contribution is -0.152. The fourth-order valence-electron chi connectivity index (χ4n) is 9.30. The first-order valence-corrected chi connectivity index (χ1v) is 13.7. The molecule has 0 amide bonds. The van der Waals surface area contributed by atoms with Crippen LogP contribution in [0.1, 0.15) is 104 Å². The molecule has 5 rings (SSSR count). The van der Waals surface area contributed by atoms with Crippen LogP contribution in [-0.2, 0) is 4.79 Å². The maximum absolute atomic E-state index is 13.9. The minimum atomic E-state index is -0.486. The van der Waals surface area contributed by atoms with E-state index in [2.05, 4.69) is 38.9 Å². The molecule has 5 heteroatoms. The van der Waals surface area contributed by atoms with Crippen molar-refractivity contribution in [3.05, 3.63) is 18.0 Å². The number of ketones is 1. The van der Waals surface area contributed by atoms with Crippen molar-refractivity contribution in [2.45, 2.75) is 104 Å². The molecule has 1 aromatic heterocycles. The Labute approximate surface area is 205 Å². The molecule has 0 saturated heterocycles. The number of carbonyl (C=O) groups is 1. The number of aromatic nitrogens is 2. The number of aliphatic hydroxyl groups is 1. The van der Waals surface area contributed by atoms with Gasteiger partial charge in [0.25, 0.3) is 0 Å². The molecule has 0 aliphatic heterocycles. The van der Waals surface area contributed by atoms with E-state index in [1.165, 1.54) is 25.7 Å². The number of hydrogen-bond donors (Lipinski definition) is 1. The molecular formula is C29H43N3O2. The number of rotatable bonds is 4. The van der Waals surface area contributed by atoms with E-state index in [0.29, 0.717) is 28.6 Å². The summed E-state index contributed by atoms with van der Waals surface area (Å²) in [6.07, 6.45) is 13.5. The van der Waals surface area contributed by atoms with Gasteiger partial charge in [0.05, 0.1) is 23.4 Å². The quantitative estimate of drug-likeness (QED) is 0.598. The van der Waals surface area contributed by atoms with Gasteiger partial charge in [-0.3, -0.25) is 9.48 Å². The molecule has 4 fully saturated rings. The largest absolute Gasteiger partial charge is 0.390 e. The number of fused-ring (bicyclic) bond motifs is 5. The molecule has 0 bridgehead atoms. The van der Waals surface area contributed by atoms with Crippen LogP contribution in [0.2, 0.25) is 0 Å². The van der Waals surface area contributed by atoms with Gasteiger partial charge in [0.1, 0.15) is 11.9 Å². The van der Waals surface area contributed by atoms with E-state index < -0.39 is 5.60 Å². The molecule has 1 heterocycles. The third kappa shape index (κ3) is 3.58. The number of hydrogen-bond acceptors (Lipinski definition) is 4. The van der Waals surface area contributed by atoms with Gasteiger partial charge in [0.15, 0.2) is 0 Å². The van der Waals surface area contributed by atoms with Crippen molar-refractivity contribution < 1.29 is 9.90 Å². The van der Waals surface area contributed by atoms with Crippen LogP contribution in [0.3, 0.4) is 0 Å². The van der Waals surface area contributed by atoms with E-state index in [0.717, 1.165) is 43.9 Å². The zero-order valence-corrected chi connectivity index (χ0v) is 21.8. The van der Waals surface area contributed by atoms with E-state index in [1.54, 1.807) is 17.1 Å². The molecule has 10 atom stereocenters. The Bertz CT molecular complexity index is 992. The predicted octanol–water partition coefficient (Wildman–Crippen LogP) is 5.93. The summed E-state index contributed by atoms with van der Waals surface area (Å²) in [6, 6.07) is 2.10. The van der Waals surface area contributed by atoms with Crippen molar-refractivity contribution in [1.82, 2.24) is 9.78 Å². The molecule has 4 aliphatic rings. The lowest BCUT2D eigenvalue weighted by Gasteiger charge is -2.61. The molecule has 1 aromatic rings. The molecule has 4 aliphatic carbocycles. The third-order valence-electron chi connectivity index (χ3n) is 11.6. The van der Waals surface area contributed by atoms with Crippen molar-refractivity contribution in [3.8, 4) is 6.07 Å². The lowest BCUT2D eigenvalue weighted by atomic mass is 9.44. The van der Waals surface area contributed by atoms with Gasteiger partial charge >= 0.3 is 0 Å². The second-order valence-electron chi connectivity index (χ2n) is 13.3. The Balaban J connectivity index is 1.33. The molecule has 4 saturated carbocycles. The van der Waals surface area contributed by atoms with Crippen LogP contribution in [0.4, 0.5) is 0 Å². The highest BCUT2D eigenvalue weighted by Crippen LogP contribution is 2.68. The maximum Gasteiger partial charge on any atom is 0.141 e. The molecule has 1 N–H and O–H groups in total. The number of carbonyl (C=O) groups excluding carboxylic acids is 1. The van der Waals surface area contributed by atoms with Crippen LogP contribution in [0.25, 0.3) is 0 Å². The summed E-state index contributed by atoms with van der Waals surface area (Å²) in [7, 11) is 0. The van der Waals surface area contributed by atoms with Gasteiger partial charge in [-0.25, -0.2) is 0 Å². The van der Waals surface area contributed by atoms with Gasteiger partial charge in [0, 0.05) is 18.0 Å². The van der Waals surface area contributed by atoms with Crippen LogP contribution < -0.4 is 0 Å². The van der Waals surface area contributed by atoms with E-state index >= 15 is 0 Å². The molecule has 34 heavy (non-hydrogen) atoms. The smallest absolute Gasteiger partial charge is 0.141 e. The minimum Gasteiger partial charge on any atom is -0.390 e. The molecule has 1 unspecified atom stereocenters. The standard InChI is InChI=1S/C29H43N3O2/c1-18(19(2)32-17-20(15-30)16-31-32)26(33)25-9-8-23-22-7-6-21-14-27(3,34)12-13-28(21,4)24(22)10-11-29(23,25)5/h16-19,21-25,34H,6-14H2,1-5H3/t18-,19?,21+,22-,23-,24-,25+,27+,28-,29-/m0/s1. The van der Waals surface area contributed by atoms with Crippen LogP contribution in [0.5, 0.6) is 0 Å². The van der Waals surface area contributed by atoms with Crippen molar-refractivity contribution >= 4 is 5.78 Å². The number of nitrogens with zero attached hydrogens (tertiary/aromatic N) is 3. The fourth-order valence-corrected chi connectivity index (χ4v) is 9.30. The second kappa shape index (κ2) is 8.19. The van der Waals surface area contributed by atoms with Gasteiger partial charge < -0.3 is 5.11 Å². The van der Waals surface area contributed by atoms with E-state index in [4.69, 9.17) is 5.26 Å². The third-order valence-corrected chi connectivity index (χ3v) is 11.6. The highest BCUT2D eigenvalue weighted by atomic mass is 16.3. The maximum atomic E-state index is 13.9. The molecule has 186 valence electrons. The van der Waals surface area contributed by atoms with Gasteiger partial charge in [-0.1, -0.05) is 20.8 Å². The van der Waals surface area contributed by atoms with Crippen LogP contribution in [0.15, 0.2) is 12.4 Å². The molecule has 0 spiro atoms. The fraction of sp³-hybridized carbons (Fsp3) is 0.828. The average molecular weight is 466 g/mol. The highest BCUT2D eigenvalue weighted by Gasteiger charge is 2.62. The monoisotopic (exact) mass is 465 g/mol. The molecule has 0 aromatic carbocycles. The Hall–Kier alpha value is -1.67. The molecule has 0 radical (unpaired) electrons. The van der Waals surface area contributed by atoms with Crippen molar-refractivity contribution in [3.63, 3.8) is 0 Å². The molecular weight excluding hydrogens is 422 g/mol. The first-order chi connectivity index (χ1) is 16.0. The summed E-state index contributed by atoms with van der Waals surface area (Å²) in [5, 5.41) is 24.2. The van der Waals surface area contributed by atoms with Crippen LogP contribution in [0, 0.1) is 57.7 Å². The predicted molar refractivity (Wildman–Crippen MR) is 132 cm³/mol. The van der Waals surface area contributed by atoms with Gasteiger partial charge in [-0.05, 0) is 106 Å². The Kier molecular flexibility index (Phi) is 5.79. The summed E-state index contributed by atoms with van der Waals surface area (Å²) >= 11 is 0. The zero-order chi connectivity index (χ0) is 24.5. The van der Waals surface area contributed by atoms with Crippen LogP contribution >= 0.6 is 0 Å². The van der Waals surface area contributed by atoms with E-state index in [1.807, 2.05) is 6.92 Å². The average Bonchev–Trinajstić information content (AvgIpc) is 3.42. The van der Waals surface area contributed by atoms with Crippen molar-refractivity contribution in [2.24, 2.45) is 46.3 Å².